The van der Waals surface area contributed by atoms with Crippen molar-refractivity contribution in [1.82, 2.24) is 15.5 Å². The molecule has 170 valence electrons. The summed E-state index contributed by atoms with van der Waals surface area (Å²) in [5, 5.41) is 21.0. The molecule has 1 aliphatic rings. The Morgan fingerprint density at radius 3 is 2.74 bits per heavy atom. The zero-order chi connectivity index (χ0) is 21.4. The number of carbonyl (C=O) groups excluding carboxylic acids is 1. The lowest BCUT2D eigenvalue weighted by atomic mass is 9.99. The van der Waals surface area contributed by atoms with Crippen molar-refractivity contribution in [3.63, 3.8) is 0 Å². The monoisotopic (exact) mass is 556 g/mol. The van der Waals surface area contributed by atoms with Gasteiger partial charge in [-0.2, -0.15) is 11.3 Å². The summed E-state index contributed by atoms with van der Waals surface area (Å²) in [4.78, 5) is 19.1. The largest absolute Gasteiger partial charge is 0.383 e. The molecule has 8 heteroatoms. The van der Waals surface area contributed by atoms with Gasteiger partial charge in [0.2, 0.25) is 5.91 Å². The number of nitrogens with zero attached hydrogens (tertiary/aromatic N) is 2. The van der Waals surface area contributed by atoms with Gasteiger partial charge in [0.15, 0.2) is 5.96 Å². The summed E-state index contributed by atoms with van der Waals surface area (Å²) in [5.41, 5.74) is 2.49. The van der Waals surface area contributed by atoms with E-state index in [1.807, 2.05) is 34.7 Å². The predicted molar refractivity (Wildman–Crippen MR) is 138 cm³/mol. The Morgan fingerprint density at radius 2 is 2.03 bits per heavy atom. The van der Waals surface area contributed by atoms with Crippen LogP contribution in [-0.4, -0.2) is 48.1 Å². The second-order valence-electron chi connectivity index (χ2n) is 7.85. The fourth-order valence-electron chi connectivity index (χ4n) is 3.55. The first-order valence-corrected chi connectivity index (χ1v) is 11.6. The van der Waals surface area contributed by atoms with Gasteiger partial charge < -0.3 is 20.6 Å². The lowest BCUT2D eigenvalue weighted by Crippen LogP contribution is -2.40. The van der Waals surface area contributed by atoms with Crippen molar-refractivity contribution in [2.45, 2.75) is 45.3 Å². The number of guanidine groups is 1. The molecule has 1 aromatic heterocycles. The van der Waals surface area contributed by atoms with Crippen LogP contribution in [0.15, 0.2) is 46.1 Å². The molecule has 0 saturated carbocycles. The van der Waals surface area contributed by atoms with Gasteiger partial charge >= 0.3 is 0 Å². The van der Waals surface area contributed by atoms with Crippen LogP contribution in [0.2, 0.25) is 0 Å². The lowest BCUT2D eigenvalue weighted by molar-refractivity contribution is -0.132. The standard InChI is InChI=1S/C23H32N4O2S.HI/c1-3-24-22(26-17-23(2,29)20-11-14-30-16-20)25-12-6-9-21(28)27-13-10-18-7-4-5-8-19(18)15-27;/h4-5,7-8,11,14,16,29H,3,6,9-10,12-13,15,17H2,1-2H3,(H2,24,25,26);1H. The molecule has 3 N–H and O–H groups in total. The van der Waals surface area contributed by atoms with Gasteiger partial charge in [0.25, 0.3) is 0 Å². The molecule has 0 fully saturated rings. The third kappa shape index (κ3) is 7.47. The minimum absolute atomic E-state index is 0. The molecule has 1 aromatic carbocycles. The second kappa shape index (κ2) is 12.4. The van der Waals surface area contributed by atoms with E-state index in [2.05, 4.69) is 33.8 Å². The van der Waals surface area contributed by atoms with E-state index in [4.69, 9.17) is 0 Å². The molecule has 0 aliphatic carbocycles. The first-order valence-electron chi connectivity index (χ1n) is 10.6. The highest BCUT2D eigenvalue weighted by atomic mass is 127. The number of fused-ring (bicyclic) bond motifs is 1. The van der Waals surface area contributed by atoms with Crippen LogP contribution in [-0.2, 0) is 23.4 Å². The van der Waals surface area contributed by atoms with Crippen LogP contribution in [0.25, 0.3) is 0 Å². The summed E-state index contributed by atoms with van der Waals surface area (Å²) < 4.78 is 0. The molecule has 2 heterocycles. The Kier molecular flexibility index (Phi) is 10.2. The van der Waals surface area contributed by atoms with E-state index < -0.39 is 5.60 Å². The van der Waals surface area contributed by atoms with Gasteiger partial charge in [-0.1, -0.05) is 24.3 Å². The Hall–Kier alpha value is -1.65. The first-order chi connectivity index (χ1) is 14.5. The highest BCUT2D eigenvalue weighted by molar-refractivity contribution is 14.0. The van der Waals surface area contributed by atoms with E-state index >= 15 is 0 Å². The van der Waals surface area contributed by atoms with Gasteiger partial charge in [0.05, 0.1) is 6.54 Å². The molecule has 0 bridgehead atoms. The maximum absolute atomic E-state index is 12.6. The van der Waals surface area contributed by atoms with Crippen LogP contribution < -0.4 is 10.6 Å². The van der Waals surface area contributed by atoms with Gasteiger partial charge in [0, 0.05) is 32.6 Å². The van der Waals surface area contributed by atoms with Crippen LogP contribution in [0.5, 0.6) is 0 Å². The number of aliphatic hydroxyl groups is 1. The molecule has 0 spiro atoms. The Morgan fingerprint density at radius 1 is 1.26 bits per heavy atom. The number of thiophene rings is 1. The van der Waals surface area contributed by atoms with Crippen molar-refractivity contribution in [3.05, 3.63) is 57.8 Å². The number of hydrogen-bond acceptors (Lipinski definition) is 4. The molecule has 3 rings (SSSR count). The molecule has 1 amide bonds. The summed E-state index contributed by atoms with van der Waals surface area (Å²) in [6.45, 7) is 6.95. The van der Waals surface area contributed by atoms with Crippen molar-refractivity contribution < 1.29 is 9.90 Å². The topological polar surface area (TPSA) is 77.0 Å². The molecule has 1 unspecified atom stereocenters. The first kappa shape index (κ1) is 25.6. The van der Waals surface area contributed by atoms with Gasteiger partial charge in [-0.15, -0.1) is 24.0 Å². The molecule has 6 nitrogen and oxygen atoms in total. The van der Waals surface area contributed by atoms with E-state index in [0.29, 0.717) is 25.5 Å². The fourth-order valence-corrected chi connectivity index (χ4v) is 4.33. The Bertz CT molecular complexity index is 855. The summed E-state index contributed by atoms with van der Waals surface area (Å²) in [7, 11) is 0. The van der Waals surface area contributed by atoms with Crippen molar-refractivity contribution in [2.24, 2.45) is 4.99 Å². The SMILES string of the molecule is CCNC(=NCC(C)(O)c1ccsc1)NCCCC(=O)N1CCc2ccccc2C1.I. The number of benzene rings is 1. The molecule has 1 atom stereocenters. The summed E-state index contributed by atoms with van der Waals surface area (Å²) in [6, 6.07) is 10.3. The molecule has 31 heavy (non-hydrogen) atoms. The molecule has 0 saturated heterocycles. The van der Waals surface area contributed by atoms with E-state index in [1.165, 1.54) is 11.1 Å². The van der Waals surface area contributed by atoms with Gasteiger partial charge in [-0.05, 0) is 60.2 Å². The zero-order valence-corrected chi connectivity index (χ0v) is 21.4. The zero-order valence-electron chi connectivity index (χ0n) is 18.3. The predicted octanol–water partition coefficient (Wildman–Crippen LogP) is 3.49. The number of carbonyl (C=O) groups is 1. The van der Waals surface area contributed by atoms with Crippen molar-refractivity contribution in [2.75, 3.05) is 26.2 Å². The summed E-state index contributed by atoms with van der Waals surface area (Å²) in [5.74, 6) is 0.862. The minimum Gasteiger partial charge on any atom is -0.383 e. The second-order valence-corrected chi connectivity index (χ2v) is 8.63. The number of amides is 1. The number of nitrogens with one attached hydrogen (secondary N) is 2. The van der Waals surface area contributed by atoms with Crippen LogP contribution in [0.4, 0.5) is 0 Å². The molecule has 2 aromatic rings. The average Bonchev–Trinajstić information content (AvgIpc) is 3.30. The van der Waals surface area contributed by atoms with Gasteiger partial charge in [-0.3, -0.25) is 4.79 Å². The van der Waals surface area contributed by atoms with Crippen molar-refractivity contribution in [1.29, 1.82) is 0 Å². The van der Waals surface area contributed by atoms with E-state index in [0.717, 1.165) is 31.5 Å². The van der Waals surface area contributed by atoms with Gasteiger partial charge in [0.1, 0.15) is 5.60 Å². The normalized spacial score (nSPS) is 15.5. The Balaban J connectivity index is 0.00000341. The van der Waals surface area contributed by atoms with Crippen molar-refractivity contribution in [3.8, 4) is 0 Å². The molecular formula is C23H33IN4O2S. The maximum Gasteiger partial charge on any atom is 0.222 e. The van der Waals surface area contributed by atoms with Crippen LogP contribution in [0.1, 0.15) is 43.4 Å². The van der Waals surface area contributed by atoms with E-state index in [9.17, 15) is 9.90 Å². The van der Waals surface area contributed by atoms with E-state index in [1.54, 1.807) is 18.3 Å². The van der Waals surface area contributed by atoms with Crippen molar-refractivity contribution >= 4 is 47.2 Å². The van der Waals surface area contributed by atoms with E-state index in [-0.39, 0.29) is 36.4 Å². The van der Waals surface area contributed by atoms with Crippen LogP contribution >= 0.6 is 35.3 Å². The number of rotatable bonds is 8. The quantitative estimate of drug-likeness (QED) is 0.202. The fraction of sp³-hybridized carbons (Fsp3) is 0.478. The summed E-state index contributed by atoms with van der Waals surface area (Å²) >= 11 is 1.56. The molecular weight excluding hydrogens is 523 g/mol. The number of halogens is 1. The summed E-state index contributed by atoms with van der Waals surface area (Å²) in [6.07, 6.45) is 2.19. The van der Waals surface area contributed by atoms with Crippen LogP contribution in [0, 0.1) is 0 Å². The third-order valence-electron chi connectivity index (χ3n) is 5.38. The lowest BCUT2D eigenvalue weighted by Gasteiger charge is -2.29. The number of aliphatic imine (C=N–C) groups is 1. The Labute approximate surface area is 206 Å². The third-order valence-corrected chi connectivity index (χ3v) is 6.06. The van der Waals surface area contributed by atoms with Gasteiger partial charge in [-0.25, -0.2) is 4.99 Å². The number of hydrogen-bond donors (Lipinski definition) is 3. The minimum atomic E-state index is -0.997. The molecule has 0 radical (unpaired) electrons. The highest BCUT2D eigenvalue weighted by Crippen LogP contribution is 2.23. The maximum atomic E-state index is 12.6. The average molecular weight is 557 g/mol. The van der Waals surface area contributed by atoms with Crippen LogP contribution in [0.3, 0.4) is 0 Å². The highest BCUT2D eigenvalue weighted by Gasteiger charge is 2.23. The smallest absolute Gasteiger partial charge is 0.222 e. The molecule has 1 aliphatic heterocycles.